The first-order chi connectivity index (χ1) is 7.59. The molecule has 0 saturated heterocycles. The van der Waals surface area contributed by atoms with Crippen LogP contribution in [-0.4, -0.2) is 11.1 Å². The molecule has 1 saturated carbocycles. The van der Waals surface area contributed by atoms with Gasteiger partial charge in [0.05, 0.1) is 6.42 Å². The van der Waals surface area contributed by atoms with Crippen molar-refractivity contribution in [2.75, 3.05) is 0 Å². The zero-order valence-electron chi connectivity index (χ0n) is 9.24. The number of carboxylic acids is 1. The molecule has 0 spiro atoms. The molecule has 16 heavy (non-hydrogen) atoms. The van der Waals surface area contributed by atoms with Gasteiger partial charge in [-0.3, -0.25) is 4.79 Å². The lowest BCUT2D eigenvalue weighted by atomic mass is 9.90. The maximum atomic E-state index is 10.9. The normalized spacial score (nSPS) is 17.1. The topological polar surface area (TPSA) is 37.3 Å². The lowest BCUT2D eigenvalue weighted by Crippen LogP contribution is -2.09. The second-order valence-electron chi connectivity index (χ2n) is 4.52. The van der Waals surface area contributed by atoms with Gasteiger partial charge in [-0.25, -0.2) is 0 Å². The molecular weight excluding hydrogens is 224 g/mol. The Balaban J connectivity index is 2.30. The van der Waals surface area contributed by atoms with E-state index in [1.165, 1.54) is 0 Å². The average Bonchev–Trinajstić information content (AvgIpc) is 3.02. The van der Waals surface area contributed by atoms with E-state index in [0.29, 0.717) is 5.92 Å². The molecule has 1 N–H and O–H groups in total. The number of halogens is 1. The lowest BCUT2D eigenvalue weighted by Gasteiger charge is -2.17. The Morgan fingerprint density at radius 2 is 2.25 bits per heavy atom. The number of hydrogen-bond acceptors (Lipinski definition) is 1. The molecule has 1 aliphatic carbocycles. The van der Waals surface area contributed by atoms with Gasteiger partial charge in [-0.05, 0) is 42.7 Å². The fourth-order valence-corrected chi connectivity index (χ4v) is 2.44. The summed E-state index contributed by atoms with van der Waals surface area (Å²) in [6, 6.07) is 5.87. The first-order valence-corrected chi connectivity index (χ1v) is 5.94. The Morgan fingerprint density at radius 3 is 2.81 bits per heavy atom. The van der Waals surface area contributed by atoms with Crippen LogP contribution in [0.5, 0.6) is 0 Å². The van der Waals surface area contributed by atoms with E-state index in [9.17, 15) is 4.79 Å². The molecule has 0 radical (unpaired) electrons. The highest BCUT2D eigenvalue weighted by atomic mass is 35.5. The summed E-state index contributed by atoms with van der Waals surface area (Å²) >= 11 is 6.25. The van der Waals surface area contributed by atoms with Crippen LogP contribution in [0.15, 0.2) is 18.2 Å². The van der Waals surface area contributed by atoms with E-state index in [0.717, 1.165) is 29.0 Å². The summed E-state index contributed by atoms with van der Waals surface area (Å²) in [6.07, 6.45) is 2.44. The van der Waals surface area contributed by atoms with Crippen LogP contribution < -0.4 is 0 Å². The third kappa shape index (κ3) is 2.38. The van der Waals surface area contributed by atoms with Crippen LogP contribution >= 0.6 is 11.6 Å². The lowest BCUT2D eigenvalue weighted by molar-refractivity contribution is -0.137. The molecule has 1 fully saturated rings. The van der Waals surface area contributed by atoms with Crippen molar-refractivity contribution in [3.05, 3.63) is 34.3 Å². The molecule has 0 aromatic heterocycles. The van der Waals surface area contributed by atoms with E-state index in [4.69, 9.17) is 16.7 Å². The quantitative estimate of drug-likeness (QED) is 0.870. The summed E-state index contributed by atoms with van der Waals surface area (Å²) in [7, 11) is 0. The SMILES string of the molecule is Cc1cccc(C(CC(=O)O)C2CC2)c1Cl. The molecule has 0 bridgehead atoms. The molecule has 3 heteroatoms. The van der Waals surface area contributed by atoms with Gasteiger partial charge >= 0.3 is 5.97 Å². The highest BCUT2D eigenvalue weighted by molar-refractivity contribution is 6.32. The number of rotatable bonds is 4. The van der Waals surface area contributed by atoms with E-state index in [-0.39, 0.29) is 12.3 Å². The molecule has 0 aliphatic heterocycles. The predicted molar refractivity (Wildman–Crippen MR) is 63.9 cm³/mol. The Labute approximate surface area is 100 Å². The van der Waals surface area contributed by atoms with Gasteiger partial charge in [-0.2, -0.15) is 0 Å². The van der Waals surface area contributed by atoms with E-state index < -0.39 is 5.97 Å². The van der Waals surface area contributed by atoms with Crippen LogP contribution in [0.3, 0.4) is 0 Å². The summed E-state index contributed by atoms with van der Waals surface area (Å²) in [5.74, 6) is -0.144. The summed E-state index contributed by atoms with van der Waals surface area (Å²) in [6.45, 7) is 1.95. The zero-order chi connectivity index (χ0) is 11.7. The number of aliphatic carboxylic acids is 1. The molecule has 0 amide bonds. The number of carboxylic acid groups (broad SMARTS) is 1. The number of benzene rings is 1. The molecule has 1 aliphatic rings. The maximum absolute atomic E-state index is 10.9. The summed E-state index contributed by atoms with van der Waals surface area (Å²) in [5, 5.41) is 9.68. The van der Waals surface area contributed by atoms with E-state index in [1.54, 1.807) is 0 Å². The minimum atomic E-state index is -0.741. The first kappa shape index (κ1) is 11.5. The van der Waals surface area contributed by atoms with E-state index in [2.05, 4.69) is 0 Å². The van der Waals surface area contributed by atoms with Crippen molar-refractivity contribution in [3.63, 3.8) is 0 Å². The second-order valence-corrected chi connectivity index (χ2v) is 4.90. The van der Waals surface area contributed by atoms with Crippen molar-refractivity contribution in [2.24, 2.45) is 5.92 Å². The van der Waals surface area contributed by atoms with Crippen molar-refractivity contribution >= 4 is 17.6 Å². The Bertz CT molecular complexity index is 410. The van der Waals surface area contributed by atoms with Crippen molar-refractivity contribution in [2.45, 2.75) is 32.1 Å². The molecule has 86 valence electrons. The Hall–Kier alpha value is -1.02. The largest absolute Gasteiger partial charge is 0.481 e. The molecule has 2 rings (SSSR count). The third-order valence-corrected chi connectivity index (χ3v) is 3.72. The maximum Gasteiger partial charge on any atom is 0.303 e. The minimum absolute atomic E-state index is 0.0879. The van der Waals surface area contributed by atoms with Crippen LogP contribution in [-0.2, 0) is 4.79 Å². The Morgan fingerprint density at radius 1 is 1.56 bits per heavy atom. The standard InChI is InChI=1S/C13H15ClO2/c1-8-3-2-4-10(13(8)14)11(7-12(15)16)9-5-6-9/h2-4,9,11H,5-7H2,1H3,(H,15,16). The van der Waals surface area contributed by atoms with Gasteiger partial charge in [0, 0.05) is 5.02 Å². The molecule has 0 heterocycles. The van der Waals surface area contributed by atoms with Gasteiger partial charge in [0.1, 0.15) is 0 Å². The monoisotopic (exact) mass is 238 g/mol. The number of carbonyl (C=O) groups is 1. The number of aryl methyl sites for hydroxylation is 1. The summed E-state index contributed by atoms with van der Waals surface area (Å²) < 4.78 is 0. The van der Waals surface area contributed by atoms with Crippen LogP contribution in [0.1, 0.15) is 36.3 Å². The molecule has 1 atom stereocenters. The number of hydrogen-bond donors (Lipinski definition) is 1. The highest BCUT2D eigenvalue weighted by Crippen LogP contribution is 2.46. The highest BCUT2D eigenvalue weighted by Gasteiger charge is 2.34. The van der Waals surface area contributed by atoms with Crippen molar-refractivity contribution in [1.82, 2.24) is 0 Å². The van der Waals surface area contributed by atoms with Gasteiger partial charge in [-0.15, -0.1) is 0 Å². The van der Waals surface area contributed by atoms with Crippen LogP contribution in [0.25, 0.3) is 0 Å². The molecular formula is C13H15ClO2. The predicted octanol–water partition coefficient (Wildman–Crippen LogP) is 3.62. The van der Waals surface area contributed by atoms with E-state index >= 15 is 0 Å². The van der Waals surface area contributed by atoms with Crippen molar-refractivity contribution in [3.8, 4) is 0 Å². The zero-order valence-corrected chi connectivity index (χ0v) is 10.00. The average molecular weight is 239 g/mol. The smallest absolute Gasteiger partial charge is 0.303 e. The third-order valence-electron chi connectivity index (χ3n) is 3.21. The van der Waals surface area contributed by atoms with Crippen molar-refractivity contribution < 1.29 is 9.90 Å². The fourth-order valence-electron chi connectivity index (χ4n) is 2.17. The Kier molecular flexibility index (Phi) is 3.20. The fraction of sp³-hybridized carbons (Fsp3) is 0.462. The van der Waals surface area contributed by atoms with Crippen LogP contribution in [0, 0.1) is 12.8 Å². The van der Waals surface area contributed by atoms with Gasteiger partial charge in [-0.1, -0.05) is 29.8 Å². The van der Waals surface area contributed by atoms with Gasteiger partial charge in [0.25, 0.3) is 0 Å². The van der Waals surface area contributed by atoms with Crippen LogP contribution in [0.2, 0.25) is 5.02 Å². The minimum Gasteiger partial charge on any atom is -0.481 e. The summed E-state index contributed by atoms with van der Waals surface area (Å²) in [5.41, 5.74) is 2.03. The molecule has 1 aromatic carbocycles. The molecule has 1 aromatic rings. The summed E-state index contributed by atoms with van der Waals surface area (Å²) in [4.78, 5) is 10.9. The van der Waals surface area contributed by atoms with Crippen LogP contribution in [0.4, 0.5) is 0 Å². The molecule has 1 unspecified atom stereocenters. The van der Waals surface area contributed by atoms with E-state index in [1.807, 2.05) is 25.1 Å². The van der Waals surface area contributed by atoms with Gasteiger partial charge in [0.2, 0.25) is 0 Å². The first-order valence-electron chi connectivity index (χ1n) is 5.56. The molecule has 2 nitrogen and oxygen atoms in total. The second kappa shape index (κ2) is 4.46. The van der Waals surface area contributed by atoms with Gasteiger partial charge in [0.15, 0.2) is 0 Å². The van der Waals surface area contributed by atoms with Crippen molar-refractivity contribution in [1.29, 1.82) is 0 Å². The van der Waals surface area contributed by atoms with Gasteiger partial charge < -0.3 is 5.11 Å².